The Morgan fingerprint density at radius 1 is 1.50 bits per heavy atom. The van der Waals surface area contributed by atoms with Crippen LogP contribution in [0.1, 0.15) is 19.3 Å². The van der Waals surface area contributed by atoms with Gasteiger partial charge < -0.3 is 14.8 Å². The van der Waals surface area contributed by atoms with Crippen molar-refractivity contribution in [1.82, 2.24) is 5.32 Å². The van der Waals surface area contributed by atoms with Crippen LogP contribution in [-0.4, -0.2) is 25.7 Å². The quantitative estimate of drug-likeness (QED) is 0.908. The molecule has 1 aromatic carbocycles. The minimum atomic E-state index is -0.0746. The Kier molecular flexibility index (Phi) is 4.47. The lowest BCUT2D eigenvalue weighted by molar-refractivity contribution is -0.124. The molecule has 1 aliphatic rings. The molecule has 4 nitrogen and oxygen atoms in total. The van der Waals surface area contributed by atoms with E-state index in [0.717, 1.165) is 17.3 Å². The van der Waals surface area contributed by atoms with Gasteiger partial charge in [0, 0.05) is 12.1 Å². The number of benzene rings is 1. The number of rotatable bonds is 5. The molecule has 5 heteroatoms. The lowest BCUT2D eigenvalue weighted by Gasteiger charge is -2.26. The lowest BCUT2D eigenvalue weighted by atomic mass is 9.93. The van der Waals surface area contributed by atoms with Gasteiger partial charge in [0.05, 0.1) is 11.6 Å². The topological polar surface area (TPSA) is 47.6 Å². The average molecular weight is 314 g/mol. The van der Waals surface area contributed by atoms with Gasteiger partial charge in [-0.15, -0.1) is 0 Å². The number of hydrogen-bond acceptors (Lipinski definition) is 3. The van der Waals surface area contributed by atoms with E-state index in [1.807, 2.05) is 12.1 Å². The van der Waals surface area contributed by atoms with Gasteiger partial charge in [0.15, 0.2) is 6.61 Å². The van der Waals surface area contributed by atoms with Crippen LogP contribution in [-0.2, 0) is 4.79 Å². The van der Waals surface area contributed by atoms with Crippen molar-refractivity contribution in [3.8, 4) is 11.5 Å². The number of amides is 1. The molecule has 0 aromatic heterocycles. The van der Waals surface area contributed by atoms with E-state index in [-0.39, 0.29) is 12.5 Å². The van der Waals surface area contributed by atoms with Crippen LogP contribution in [0.5, 0.6) is 11.5 Å². The van der Waals surface area contributed by atoms with Gasteiger partial charge in [0.25, 0.3) is 5.91 Å². The second-order valence-electron chi connectivity index (χ2n) is 4.28. The predicted octanol–water partition coefficient (Wildman–Crippen LogP) is 2.51. The van der Waals surface area contributed by atoms with Crippen LogP contribution in [0.25, 0.3) is 0 Å². The van der Waals surface area contributed by atoms with Crippen molar-refractivity contribution in [2.45, 2.75) is 25.3 Å². The highest BCUT2D eigenvalue weighted by Gasteiger charge is 2.19. The van der Waals surface area contributed by atoms with Gasteiger partial charge in [-0.1, -0.05) is 0 Å². The minimum Gasteiger partial charge on any atom is -0.497 e. The second kappa shape index (κ2) is 6.09. The normalized spacial score (nSPS) is 14.8. The molecule has 1 aromatic rings. The van der Waals surface area contributed by atoms with Gasteiger partial charge in [-0.05, 0) is 47.3 Å². The molecule has 1 fully saturated rings. The summed E-state index contributed by atoms with van der Waals surface area (Å²) in [6.45, 7) is 0.0300. The highest BCUT2D eigenvalue weighted by Crippen LogP contribution is 2.29. The van der Waals surface area contributed by atoms with Crippen LogP contribution in [0.4, 0.5) is 0 Å². The smallest absolute Gasteiger partial charge is 0.258 e. The Balaban J connectivity index is 1.86. The van der Waals surface area contributed by atoms with E-state index in [1.54, 1.807) is 13.2 Å². The van der Waals surface area contributed by atoms with E-state index in [2.05, 4.69) is 21.2 Å². The molecule has 0 aliphatic heterocycles. The minimum absolute atomic E-state index is 0.0300. The van der Waals surface area contributed by atoms with Gasteiger partial charge in [0.1, 0.15) is 11.5 Å². The molecule has 98 valence electrons. The molecule has 1 aliphatic carbocycles. The van der Waals surface area contributed by atoms with Crippen molar-refractivity contribution in [1.29, 1.82) is 0 Å². The van der Waals surface area contributed by atoms with Crippen molar-refractivity contribution in [3.63, 3.8) is 0 Å². The van der Waals surface area contributed by atoms with Gasteiger partial charge in [0.2, 0.25) is 0 Å². The van der Waals surface area contributed by atoms with Crippen molar-refractivity contribution < 1.29 is 14.3 Å². The van der Waals surface area contributed by atoms with Gasteiger partial charge in [-0.3, -0.25) is 4.79 Å². The maximum Gasteiger partial charge on any atom is 0.258 e. The van der Waals surface area contributed by atoms with Gasteiger partial charge >= 0.3 is 0 Å². The Morgan fingerprint density at radius 2 is 2.28 bits per heavy atom. The van der Waals surface area contributed by atoms with Crippen molar-refractivity contribution >= 4 is 21.8 Å². The Hall–Kier alpha value is -1.23. The van der Waals surface area contributed by atoms with E-state index in [4.69, 9.17) is 9.47 Å². The molecule has 0 bridgehead atoms. The SMILES string of the molecule is COc1ccc(Br)c(OCC(=O)NC2CCC2)c1. The number of nitrogens with one attached hydrogen (secondary N) is 1. The predicted molar refractivity (Wildman–Crippen MR) is 72.0 cm³/mol. The zero-order valence-corrected chi connectivity index (χ0v) is 11.8. The van der Waals surface area contributed by atoms with Gasteiger partial charge in [-0.2, -0.15) is 0 Å². The maximum atomic E-state index is 11.6. The molecule has 0 spiro atoms. The summed E-state index contributed by atoms with van der Waals surface area (Å²) in [7, 11) is 1.59. The molecule has 1 saturated carbocycles. The third-order valence-electron chi connectivity index (χ3n) is 2.97. The maximum absolute atomic E-state index is 11.6. The third-order valence-corrected chi connectivity index (χ3v) is 3.62. The van der Waals surface area contributed by atoms with Crippen LogP contribution < -0.4 is 14.8 Å². The number of carbonyl (C=O) groups excluding carboxylic acids is 1. The molecule has 0 radical (unpaired) electrons. The number of halogens is 1. The number of methoxy groups -OCH3 is 1. The lowest BCUT2D eigenvalue weighted by Crippen LogP contribution is -2.41. The van der Waals surface area contributed by atoms with Crippen LogP contribution in [0, 0.1) is 0 Å². The van der Waals surface area contributed by atoms with Crippen molar-refractivity contribution in [3.05, 3.63) is 22.7 Å². The molecular weight excluding hydrogens is 298 g/mol. The van der Waals surface area contributed by atoms with E-state index in [1.165, 1.54) is 6.42 Å². The standard InChI is InChI=1S/C13H16BrNO3/c1-17-10-5-6-11(14)12(7-10)18-8-13(16)15-9-3-2-4-9/h5-7,9H,2-4,8H2,1H3,(H,15,16). The van der Waals surface area contributed by atoms with Crippen molar-refractivity contribution in [2.24, 2.45) is 0 Å². The number of ether oxygens (including phenoxy) is 2. The molecule has 1 N–H and O–H groups in total. The first kappa shape index (κ1) is 13.2. The Bertz CT molecular complexity index is 432. The van der Waals surface area contributed by atoms with Crippen LogP contribution in [0.2, 0.25) is 0 Å². The zero-order chi connectivity index (χ0) is 13.0. The molecule has 18 heavy (non-hydrogen) atoms. The monoisotopic (exact) mass is 313 g/mol. The molecule has 0 saturated heterocycles. The summed E-state index contributed by atoms with van der Waals surface area (Å²) >= 11 is 3.37. The summed E-state index contributed by atoms with van der Waals surface area (Å²) in [6, 6.07) is 5.75. The summed E-state index contributed by atoms with van der Waals surface area (Å²) < 4.78 is 11.4. The number of hydrogen-bond donors (Lipinski definition) is 1. The highest BCUT2D eigenvalue weighted by atomic mass is 79.9. The van der Waals surface area contributed by atoms with E-state index in [0.29, 0.717) is 17.5 Å². The molecule has 0 atom stereocenters. The van der Waals surface area contributed by atoms with Crippen LogP contribution in [0.15, 0.2) is 22.7 Å². The summed E-state index contributed by atoms with van der Waals surface area (Å²) in [5, 5.41) is 2.92. The molecule has 2 rings (SSSR count). The average Bonchev–Trinajstić information content (AvgIpc) is 2.33. The summed E-state index contributed by atoms with van der Waals surface area (Å²) in [5.74, 6) is 1.24. The molecular formula is C13H16BrNO3. The summed E-state index contributed by atoms with van der Waals surface area (Å²) in [5.41, 5.74) is 0. The zero-order valence-electron chi connectivity index (χ0n) is 10.2. The molecule has 0 heterocycles. The van der Waals surface area contributed by atoms with Crippen LogP contribution >= 0.6 is 15.9 Å². The fourth-order valence-electron chi connectivity index (χ4n) is 1.69. The van der Waals surface area contributed by atoms with E-state index < -0.39 is 0 Å². The summed E-state index contributed by atoms with van der Waals surface area (Å²) in [4.78, 5) is 11.6. The first-order chi connectivity index (χ1) is 8.69. The van der Waals surface area contributed by atoms with E-state index in [9.17, 15) is 4.79 Å². The van der Waals surface area contributed by atoms with Crippen molar-refractivity contribution in [2.75, 3.05) is 13.7 Å². The first-order valence-electron chi connectivity index (χ1n) is 5.95. The van der Waals surface area contributed by atoms with E-state index >= 15 is 0 Å². The largest absolute Gasteiger partial charge is 0.497 e. The second-order valence-corrected chi connectivity index (χ2v) is 5.13. The Labute approximate surface area is 115 Å². The Morgan fingerprint density at radius 3 is 2.89 bits per heavy atom. The fourth-order valence-corrected chi connectivity index (χ4v) is 2.05. The number of carbonyl (C=O) groups is 1. The molecule has 1 amide bonds. The van der Waals surface area contributed by atoms with Gasteiger partial charge in [-0.25, -0.2) is 0 Å². The highest BCUT2D eigenvalue weighted by molar-refractivity contribution is 9.10. The molecule has 0 unspecified atom stereocenters. The first-order valence-corrected chi connectivity index (χ1v) is 6.74. The van der Waals surface area contributed by atoms with Crippen LogP contribution in [0.3, 0.4) is 0 Å². The summed E-state index contributed by atoms with van der Waals surface area (Å²) in [6.07, 6.45) is 3.36. The third kappa shape index (κ3) is 3.38. The fraction of sp³-hybridized carbons (Fsp3) is 0.462.